The smallest absolute Gasteiger partial charge is 0.243 e. The molecule has 144 valence electrons. The molecule has 1 aromatic rings. The number of piperidine rings is 1. The first-order valence-corrected chi connectivity index (χ1v) is 10.9. The van der Waals surface area contributed by atoms with Gasteiger partial charge in [-0.05, 0) is 50.5 Å². The third-order valence-electron chi connectivity index (χ3n) is 4.45. The first-order chi connectivity index (χ1) is 12.2. The summed E-state index contributed by atoms with van der Waals surface area (Å²) < 4.78 is 26.1. The van der Waals surface area contributed by atoms with E-state index < -0.39 is 10.0 Å². The van der Waals surface area contributed by atoms with Gasteiger partial charge in [0.2, 0.25) is 21.8 Å². The highest BCUT2D eigenvalue weighted by molar-refractivity contribution is 9.10. The predicted molar refractivity (Wildman–Crippen MR) is 104 cm³/mol. The lowest BCUT2D eigenvalue weighted by molar-refractivity contribution is -0.128. The number of rotatable bonds is 6. The highest BCUT2D eigenvalue weighted by atomic mass is 79.9. The number of aryl methyl sites for hydroxylation is 1. The van der Waals surface area contributed by atoms with E-state index in [2.05, 4.69) is 26.6 Å². The lowest BCUT2D eigenvalue weighted by Crippen LogP contribution is -2.44. The topological polar surface area (TPSA) is 95.6 Å². The van der Waals surface area contributed by atoms with Crippen molar-refractivity contribution in [2.45, 2.75) is 26.7 Å². The van der Waals surface area contributed by atoms with Crippen LogP contribution in [0.1, 0.15) is 25.3 Å². The van der Waals surface area contributed by atoms with E-state index in [0.29, 0.717) is 31.6 Å². The molecule has 1 aliphatic heterocycles. The monoisotopic (exact) mass is 445 g/mol. The summed E-state index contributed by atoms with van der Waals surface area (Å²) in [5.74, 6) is -0.702. The van der Waals surface area contributed by atoms with Crippen LogP contribution in [0.5, 0.6) is 0 Å². The fourth-order valence-electron chi connectivity index (χ4n) is 2.82. The standard InChI is InChI=1S/C17H24BrN3O4S/c1-3-26(24,25)21-8-6-13(7-9-21)17(23)19-11-16(22)20-14-4-5-15(18)12(2)10-14/h4-5,10,13H,3,6-9,11H2,1-2H3,(H,19,23)(H,20,22). The summed E-state index contributed by atoms with van der Waals surface area (Å²) in [5.41, 5.74) is 1.67. The third-order valence-corrected chi connectivity index (χ3v) is 7.22. The minimum absolute atomic E-state index is 0.0690. The number of halogens is 1. The Hall–Kier alpha value is -1.45. The molecule has 2 rings (SSSR count). The van der Waals surface area contributed by atoms with Crippen molar-refractivity contribution in [3.63, 3.8) is 0 Å². The van der Waals surface area contributed by atoms with E-state index in [9.17, 15) is 18.0 Å². The second kappa shape index (κ2) is 8.96. The average molecular weight is 446 g/mol. The zero-order valence-corrected chi connectivity index (χ0v) is 17.3. The van der Waals surface area contributed by atoms with Crippen molar-refractivity contribution in [1.82, 2.24) is 9.62 Å². The summed E-state index contributed by atoms with van der Waals surface area (Å²) in [4.78, 5) is 24.2. The van der Waals surface area contributed by atoms with Gasteiger partial charge in [0, 0.05) is 29.2 Å². The molecule has 0 aromatic heterocycles. The molecule has 1 saturated heterocycles. The molecule has 0 unspecified atom stereocenters. The zero-order chi connectivity index (χ0) is 19.3. The van der Waals surface area contributed by atoms with Gasteiger partial charge in [0.25, 0.3) is 0 Å². The van der Waals surface area contributed by atoms with E-state index in [0.717, 1.165) is 10.0 Å². The summed E-state index contributed by atoms with van der Waals surface area (Å²) in [7, 11) is -3.20. The number of benzene rings is 1. The molecule has 1 aromatic carbocycles. The van der Waals surface area contributed by atoms with E-state index in [1.54, 1.807) is 13.0 Å². The van der Waals surface area contributed by atoms with Crippen LogP contribution in [-0.4, -0.2) is 49.9 Å². The van der Waals surface area contributed by atoms with Crippen LogP contribution in [0.25, 0.3) is 0 Å². The zero-order valence-electron chi connectivity index (χ0n) is 14.9. The number of nitrogens with zero attached hydrogens (tertiary/aromatic N) is 1. The molecule has 1 fully saturated rings. The Labute approximate surface area is 162 Å². The van der Waals surface area contributed by atoms with Gasteiger partial charge in [-0.15, -0.1) is 0 Å². The maximum atomic E-state index is 12.2. The first-order valence-electron chi connectivity index (χ1n) is 8.54. The molecule has 0 bridgehead atoms. The molecule has 0 spiro atoms. The Kier molecular flexibility index (Phi) is 7.19. The molecular formula is C17H24BrN3O4S. The van der Waals surface area contributed by atoms with Crippen molar-refractivity contribution in [3.8, 4) is 0 Å². The number of hydrogen-bond donors (Lipinski definition) is 2. The second-order valence-electron chi connectivity index (χ2n) is 6.30. The molecule has 0 saturated carbocycles. The molecule has 26 heavy (non-hydrogen) atoms. The van der Waals surface area contributed by atoms with Crippen LogP contribution in [0.15, 0.2) is 22.7 Å². The highest BCUT2D eigenvalue weighted by Gasteiger charge is 2.30. The van der Waals surface area contributed by atoms with Gasteiger partial charge >= 0.3 is 0 Å². The minimum atomic E-state index is -3.20. The largest absolute Gasteiger partial charge is 0.347 e. The first kappa shape index (κ1) is 20.9. The van der Waals surface area contributed by atoms with Crippen LogP contribution >= 0.6 is 15.9 Å². The maximum absolute atomic E-state index is 12.2. The molecule has 2 amide bonds. The van der Waals surface area contributed by atoms with Crippen molar-refractivity contribution < 1.29 is 18.0 Å². The Morgan fingerprint density at radius 2 is 1.92 bits per heavy atom. The molecule has 2 N–H and O–H groups in total. The number of anilines is 1. The van der Waals surface area contributed by atoms with Crippen LogP contribution in [0.3, 0.4) is 0 Å². The average Bonchev–Trinajstić information content (AvgIpc) is 2.63. The van der Waals surface area contributed by atoms with E-state index in [-0.39, 0.29) is 30.0 Å². The highest BCUT2D eigenvalue weighted by Crippen LogP contribution is 2.21. The molecule has 9 heteroatoms. The lowest BCUT2D eigenvalue weighted by atomic mass is 9.97. The van der Waals surface area contributed by atoms with Crippen molar-refractivity contribution in [2.75, 3.05) is 30.7 Å². The normalized spacial score (nSPS) is 16.3. The van der Waals surface area contributed by atoms with Crippen LogP contribution in [0.2, 0.25) is 0 Å². The van der Waals surface area contributed by atoms with E-state index in [4.69, 9.17) is 0 Å². The number of sulfonamides is 1. The molecular weight excluding hydrogens is 422 g/mol. The molecule has 1 aliphatic rings. The second-order valence-corrected chi connectivity index (χ2v) is 9.42. The Balaban J connectivity index is 1.78. The Bertz CT molecular complexity index is 774. The van der Waals surface area contributed by atoms with E-state index in [1.807, 2.05) is 19.1 Å². The molecule has 1 heterocycles. The number of nitrogens with one attached hydrogen (secondary N) is 2. The quantitative estimate of drug-likeness (QED) is 0.698. The minimum Gasteiger partial charge on any atom is -0.347 e. The number of amides is 2. The van der Waals surface area contributed by atoms with Gasteiger partial charge < -0.3 is 10.6 Å². The van der Waals surface area contributed by atoms with Crippen molar-refractivity contribution in [1.29, 1.82) is 0 Å². The van der Waals surface area contributed by atoms with Gasteiger partial charge in [-0.25, -0.2) is 12.7 Å². The maximum Gasteiger partial charge on any atom is 0.243 e. The van der Waals surface area contributed by atoms with Gasteiger partial charge in [-0.1, -0.05) is 15.9 Å². The SMILES string of the molecule is CCS(=O)(=O)N1CCC(C(=O)NCC(=O)Nc2ccc(Br)c(C)c2)CC1. The summed E-state index contributed by atoms with van der Waals surface area (Å²) in [6.07, 6.45) is 0.942. The lowest BCUT2D eigenvalue weighted by Gasteiger charge is -2.30. The fourth-order valence-corrected chi connectivity index (χ4v) is 4.20. The van der Waals surface area contributed by atoms with Crippen LogP contribution < -0.4 is 10.6 Å². The van der Waals surface area contributed by atoms with Gasteiger partial charge in [-0.2, -0.15) is 0 Å². The van der Waals surface area contributed by atoms with Crippen molar-refractivity contribution >= 4 is 43.5 Å². The van der Waals surface area contributed by atoms with Crippen LogP contribution in [0.4, 0.5) is 5.69 Å². The fraction of sp³-hybridized carbons (Fsp3) is 0.529. The van der Waals surface area contributed by atoms with Gasteiger partial charge in [0.15, 0.2) is 0 Å². The molecule has 0 atom stereocenters. The summed E-state index contributed by atoms with van der Waals surface area (Å²) >= 11 is 3.40. The van der Waals surface area contributed by atoms with Gasteiger partial charge in [-0.3, -0.25) is 9.59 Å². The van der Waals surface area contributed by atoms with Crippen molar-refractivity contribution in [2.24, 2.45) is 5.92 Å². The number of hydrogen-bond acceptors (Lipinski definition) is 4. The molecule has 7 nitrogen and oxygen atoms in total. The van der Waals surface area contributed by atoms with E-state index in [1.165, 1.54) is 4.31 Å². The van der Waals surface area contributed by atoms with Gasteiger partial charge in [0.05, 0.1) is 12.3 Å². The summed E-state index contributed by atoms with van der Waals surface area (Å²) in [6, 6.07) is 5.47. The Morgan fingerprint density at radius 1 is 1.27 bits per heavy atom. The molecule has 0 radical (unpaired) electrons. The summed E-state index contributed by atoms with van der Waals surface area (Å²) in [6.45, 7) is 4.12. The predicted octanol–water partition coefficient (Wildman–Crippen LogP) is 1.87. The van der Waals surface area contributed by atoms with E-state index >= 15 is 0 Å². The Morgan fingerprint density at radius 3 is 2.50 bits per heavy atom. The molecule has 0 aliphatic carbocycles. The third kappa shape index (κ3) is 5.52. The summed E-state index contributed by atoms with van der Waals surface area (Å²) in [5, 5.41) is 5.38. The van der Waals surface area contributed by atoms with Crippen molar-refractivity contribution in [3.05, 3.63) is 28.2 Å². The van der Waals surface area contributed by atoms with Crippen LogP contribution in [0, 0.1) is 12.8 Å². The van der Waals surface area contributed by atoms with Gasteiger partial charge in [0.1, 0.15) is 0 Å². The number of carbonyl (C=O) groups excluding carboxylic acids is 2. The number of carbonyl (C=O) groups is 2. The van der Waals surface area contributed by atoms with Crippen LogP contribution in [-0.2, 0) is 19.6 Å².